The van der Waals surface area contributed by atoms with E-state index in [0.717, 1.165) is 55.3 Å². The molecular formula is C29H42N2O4S. The molecule has 0 spiro atoms. The number of aryl methyl sites for hydroxylation is 2. The van der Waals surface area contributed by atoms with Gasteiger partial charge >= 0.3 is 5.97 Å². The van der Waals surface area contributed by atoms with Crippen LogP contribution in [0.15, 0.2) is 16.2 Å². The molecule has 0 bridgehead atoms. The van der Waals surface area contributed by atoms with Crippen LogP contribution in [0.25, 0.3) is 0 Å². The zero-order valence-electron chi connectivity index (χ0n) is 22.9. The Kier molecular flexibility index (Phi) is 9.20. The third-order valence-corrected chi connectivity index (χ3v) is 8.50. The van der Waals surface area contributed by atoms with Gasteiger partial charge in [-0.1, -0.05) is 6.92 Å². The molecule has 1 aliphatic rings. The molecule has 1 fully saturated rings. The number of carbonyl (C=O) groups excluding carboxylic acids is 2. The second-order valence-electron chi connectivity index (χ2n) is 11.4. The second kappa shape index (κ2) is 11.8. The summed E-state index contributed by atoms with van der Waals surface area (Å²) >= 11 is 1.65. The number of hydrogen-bond acceptors (Lipinski definition) is 5. The van der Waals surface area contributed by atoms with E-state index in [-0.39, 0.29) is 29.9 Å². The number of nitrogens with one attached hydrogen (secondary N) is 2. The third-order valence-electron chi connectivity index (χ3n) is 7.39. The SMILES string of the molecule is CCC(C(=O)OC(C)(C)C)C1CCC(Cc2scc(C(=O)NCc3c(C)cc(C)[nH]c3=O)c2C)CC1. The molecule has 1 amide bonds. The molecular weight excluding hydrogens is 472 g/mol. The van der Waals surface area contributed by atoms with E-state index in [9.17, 15) is 14.4 Å². The molecule has 2 heterocycles. The molecule has 7 heteroatoms. The van der Waals surface area contributed by atoms with Crippen molar-refractivity contribution in [3.8, 4) is 0 Å². The Morgan fingerprint density at radius 2 is 1.83 bits per heavy atom. The maximum absolute atomic E-state index is 12.9. The highest BCUT2D eigenvalue weighted by Crippen LogP contribution is 2.38. The minimum absolute atomic E-state index is 0.0200. The molecule has 2 aromatic rings. The van der Waals surface area contributed by atoms with Gasteiger partial charge in [0.25, 0.3) is 11.5 Å². The van der Waals surface area contributed by atoms with Crippen LogP contribution in [0.5, 0.6) is 0 Å². The van der Waals surface area contributed by atoms with Crippen molar-refractivity contribution in [1.82, 2.24) is 10.3 Å². The summed E-state index contributed by atoms with van der Waals surface area (Å²) in [6.07, 6.45) is 6.07. The quantitative estimate of drug-likeness (QED) is 0.422. The molecule has 0 aliphatic heterocycles. The lowest BCUT2D eigenvalue weighted by atomic mass is 9.74. The van der Waals surface area contributed by atoms with Crippen molar-refractivity contribution in [3.05, 3.63) is 54.6 Å². The van der Waals surface area contributed by atoms with Gasteiger partial charge in [0.15, 0.2) is 0 Å². The average molecular weight is 515 g/mol. The summed E-state index contributed by atoms with van der Waals surface area (Å²) in [5.41, 5.74) is 3.42. The number of carbonyl (C=O) groups is 2. The first-order chi connectivity index (χ1) is 16.9. The Morgan fingerprint density at radius 1 is 1.17 bits per heavy atom. The fraction of sp³-hybridized carbons (Fsp3) is 0.621. The van der Waals surface area contributed by atoms with Gasteiger partial charge in [-0.25, -0.2) is 0 Å². The monoisotopic (exact) mass is 514 g/mol. The van der Waals surface area contributed by atoms with E-state index in [0.29, 0.717) is 23.0 Å². The van der Waals surface area contributed by atoms with E-state index in [1.165, 1.54) is 4.88 Å². The van der Waals surface area contributed by atoms with Crippen molar-refractivity contribution in [2.75, 3.05) is 0 Å². The molecule has 1 atom stereocenters. The Balaban J connectivity index is 1.56. The molecule has 0 aromatic carbocycles. The van der Waals surface area contributed by atoms with Gasteiger partial charge in [0.05, 0.1) is 11.5 Å². The van der Waals surface area contributed by atoms with Gasteiger partial charge in [-0.15, -0.1) is 11.3 Å². The Morgan fingerprint density at radius 3 is 2.42 bits per heavy atom. The van der Waals surface area contributed by atoms with Crippen molar-refractivity contribution < 1.29 is 14.3 Å². The largest absolute Gasteiger partial charge is 0.460 e. The highest BCUT2D eigenvalue weighted by molar-refractivity contribution is 7.10. The Bertz CT molecular complexity index is 1130. The topological polar surface area (TPSA) is 88.3 Å². The van der Waals surface area contributed by atoms with Crippen molar-refractivity contribution >= 4 is 23.2 Å². The summed E-state index contributed by atoms with van der Waals surface area (Å²) in [6, 6.07) is 1.92. The first-order valence-corrected chi connectivity index (χ1v) is 14.0. The molecule has 6 nitrogen and oxygen atoms in total. The standard InChI is InChI=1S/C29H42N2O4S/c1-8-22(28(34)35-29(5,6)7)21-11-9-20(10-12-21)14-25-19(4)24(16-36-25)26(32)30-15-23-17(2)13-18(3)31-27(23)33/h13,16,20-22H,8-12,14-15H2,1-7H3,(H,30,32)(H,31,33). The van der Waals surface area contributed by atoms with Crippen molar-refractivity contribution in [2.24, 2.45) is 17.8 Å². The summed E-state index contributed by atoms with van der Waals surface area (Å²) in [6.45, 7) is 13.8. The number of H-pyrrole nitrogens is 1. The number of thiophene rings is 1. The van der Waals surface area contributed by atoms with Crippen molar-refractivity contribution in [1.29, 1.82) is 0 Å². The van der Waals surface area contributed by atoms with Crippen LogP contribution in [0.4, 0.5) is 0 Å². The summed E-state index contributed by atoms with van der Waals surface area (Å²) in [5, 5.41) is 4.87. The molecule has 1 aliphatic carbocycles. The maximum Gasteiger partial charge on any atom is 0.309 e. The Hall–Kier alpha value is -2.41. The van der Waals surface area contributed by atoms with Crippen LogP contribution in [0.2, 0.25) is 0 Å². The number of aromatic amines is 1. The number of rotatable bonds is 8. The molecule has 1 saturated carbocycles. The van der Waals surface area contributed by atoms with Crippen LogP contribution >= 0.6 is 11.3 Å². The van der Waals surface area contributed by atoms with Crippen molar-refractivity contribution in [2.45, 2.75) is 99.1 Å². The highest BCUT2D eigenvalue weighted by atomic mass is 32.1. The van der Waals surface area contributed by atoms with Gasteiger partial charge in [-0.05, 0) is 109 Å². The van der Waals surface area contributed by atoms with Crippen LogP contribution in [-0.4, -0.2) is 22.5 Å². The lowest BCUT2D eigenvalue weighted by Gasteiger charge is -2.34. The van der Waals surface area contributed by atoms with Crippen molar-refractivity contribution in [3.63, 3.8) is 0 Å². The lowest BCUT2D eigenvalue weighted by Crippen LogP contribution is -2.34. The molecule has 0 saturated heterocycles. The first-order valence-electron chi connectivity index (χ1n) is 13.2. The van der Waals surface area contributed by atoms with E-state index in [1.807, 2.05) is 53.0 Å². The van der Waals surface area contributed by atoms with Gasteiger partial charge < -0.3 is 15.0 Å². The third kappa shape index (κ3) is 7.09. The summed E-state index contributed by atoms with van der Waals surface area (Å²) in [5.74, 6) is 0.746. The number of hydrogen-bond donors (Lipinski definition) is 2. The van der Waals surface area contributed by atoms with E-state index < -0.39 is 5.60 Å². The zero-order valence-corrected chi connectivity index (χ0v) is 23.7. The molecule has 3 rings (SSSR count). The summed E-state index contributed by atoms with van der Waals surface area (Å²) < 4.78 is 5.68. The predicted octanol–water partition coefficient (Wildman–Crippen LogP) is 6.01. The smallest absolute Gasteiger partial charge is 0.309 e. The molecule has 198 valence electrons. The second-order valence-corrected chi connectivity index (χ2v) is 12.3. The minimum Gasteiger partial charge on any atom is -0.460 e. The number of esters is 1. The van der Waals surface area contributed by atoms with E-state index in [4.69, 9.17) is 4.74 Å². The molecule has 36 heavy (non-hydrogen) atoms. The van der Waals surface area contributed by atoms with Gasteiger partial charge in [-0.2, -0.15) is 0 Å². The molecule has 1 unspecified atom stereocenters. The average Bonchev–Trinajstić information content (AvgIpc) is 3.13. The first kappa shape index (κ1) is 28.2. The number of amides is 1. The minimum atomic E-state index is -0.447. The van der Waals surface area contributed by atoms with Gasteiger partial charge in [0.1, 0.15) is 5.60 Å². The van der Waals surface area contributed by atoms with Gasteiger partial charge in [-0.3, -0.25) is 14.4 Å². The Labute approximate surface area is 219 Å². The number of pyridine rings is 1. The molecule has 2 N–H and O–H groups in total. The highest BCUT2D eigenvalue weighted by Gasteiger charge is 2.34. The fourth-order valence-corrected chi connectivity index (χ4v) is 6.54. The predicted molar refractivity (Wildman–Crippen MR) is 146 cm³/mol. The fourth-order valence-electron chi connectivity index (χ4n) is 5.37. The van der Waals surface area contributed by atoms with Crippen LogP contribution < -0.4 is 10.9 Å². The van der Waals surface area contributed by atoms with E-state index >= 15 is 0 Å². The normalized spacial score (nSPS) is 19.1. The van der Waals surface area contributed by atoms with Crippen LogP contribution in [0.1, 0.15) is 97.4 Å². The number of aromatic nitrogens is 1. The molecule has 2 aromatic heterocycles. The summed E-state index contributed by atoms with van der Waals surface area (Å²) in [4.78, 5) is 41.9. The lowest BCUT2D eigenvalue weighted by molar-refractivity contribution is -0.162. The van der Waals surface area contributed by atoms with E-state index in [2.05, 4.69) is 17.2 Å². The van der Waals surface area contributed by atoms with Crippen LogP contribution in [-0.2, 0) is 22.5 Å². The molecule has 0 radical (unpaired) electrons. The number of ether oxygens (including phenoxy) is 1. The maximum atomic E-state index is 12.9. The van der Waals surface area contributed by atoms with Crippen LogP contribution in [0, 0.1) is 38.5 Å². The van der Waals surface area contributed by atoms with Gasteiger partial charge in [0, 0.05) is 28.1 Å². The summed E-state index contributed by atoms with van der Waals surface area (Å²) in [7, 11) is 0. The van der Waals surface area contributed by atoms with Gasteiger partial charge in [0.2, 0.25) is 0 Å². The van der Waals surface area contributed by atoms with E-state index in [1.54, 1.807) is 11.3 Å². The zero-order chi connectivity index (χ0) is 26.6. The van der Waals surface area contributed by atoms with Crippen LogP contribution in [0.3, 0.4) is 0 Å².